The highest BCUT2D eigenvalue weighted by Crippen LogP contribution is 2.26. The second-order valence-electron chi connectivity index (χ2n) is 8.02. The summed E-state index contributed by atoms with van der Waals surface area (Å²) < 4.78 is 2.26. The average Bonchev–Trinajstić information content (AvgIpc) is 3.37. The van der Waals surface area contributed by atoms with Gasteiger partial charge in [0.2, 0.25) is 0 Å². The van der Waals surface area contributed by atoms with Gasteiger partial charge in [0, 0.05) is 46.7 Å². The predicted octanol–water partition coefficient (Wildman–Crippen LogP) is 6.60. The van der Waals surface area contributed by atoms with Gasteiger partial charge in [0.1, 0.15) is 5.82 Å². The molecule has 2 aromatic heterocycles. The summed E-state index contributed by atoms with van der Waals surface area (Å²) in [6.45, 7) is 2.46. The van der Waals surface area contributed by atoms with E-state index in [9.17, 15) is 0 Å². The molecular weight excluding hydrogens is 439 g/mol. The van der Waals surface area contributed by atoms with Gasteiger partial charge in [-0.2, -0.15) is 0 Å². The van der Waals surface area contributed by atoms with E-state index in [0.717, 1.165) is 48.4 Å². The number of para-hydroxylation sites is 3. The Morgan fingerprint density at radius 1 is 0.938 bits per heavy atom. The zero-order valence-corrected chi connectivity index (χ0v) is 19.1. The van der Waals surface area contributed by atoms with Crippen LogP contribution >= 0.6 is 23.2 Å². The van der Waals surface area contributed by atoms with Gasteiger partial charge in [-0.25, -0.2) is 4.98 Å². The molecule has 2 N–H and O–H groups in total. The molecule has 2 heterocycles. The molecule has 32 heavy (non-hydrogen) atoms. The Hall–Kier alpha value is -2.79. The fourth-order valence-electron chi connectivity index (χ4n) is 4.16. The Kier molecular flexibility index (Phi) is 6.17. The van der Waals surface area contributed by atoms with Gasteiger partial charge in [0.25, 0.3) is 0 Å². The number of benzene rings is 3. The van der Waals surface area contributed by atoms with E-state index in [4.69, 9.17) is 23.2 Å². The normalized spacial score (nSPS) is 11.6. The molecule has 0 aliphatic heterocycles. The van der Waals surface area contributed by atoms with Gasteiger partial charge < -0.3 is 14.9 Å². The van der Waals surface area contributed by atoms with Gasteiger partial charge in [-0.15, -0.1) is 0 Å². The lowest BCUT2D eigenvalue weighted by atomic mass is 10.1. The first-order valence-corrected chi connectivity index (χ1v) is 11.6. The van der Waals surface area contributed by atoms with Crippen molar-refractivity contribution >= 4 is 45.1 Å². The summed E-state index contributed by atoms with van der Waals surface area (Å²) in [6, 6.07) is 22.3. The van der Waals surface area contributed by atoms with Crippen LogP contribution < -0.4 is 5.32 Å². The minimum atomic E-state index is 0.656. The number of hydrogen-bond acceptors (Lipinski definition) is 2. The Morgan fingerprint density at radius 3 is 2.66 bits per heavy atom. The van der Waals surface area contributed by atoms with Gasteiger partial charge in [0.05, 0.1) is 11.0 Å². The smallest absolute Gasteiger partial charge is 0.107 e. The minimum absolute atomic E-state index is 0.656. The number of halogens is 2. The second kappa shape index (κ2) is 9.37. The molecule has 0 amide bonds. The van der Waals surface area contributed by atoms with E-state index < -0.39 is 0 Å². The molecule has 0 aliphatic rings. The lowest BCUT2D eigenvalue weighted by Gasteiger charge is -2.08. The van der Waals surface area contributed by atoms with E-state index in [1.807, 2.05) is 30.3 Å². The number of nitrogens with zero attached hydrogens (tertiary/aromatic N) is 2. The number of nitrogens with one attached hydrogen (secondary N) is 2. The third-order valence-electron chi connectivity index (χ3n) is 5.75. The van der Waals surface area contributed by atoms with Crippen LogP contribution in [0.2, 0.25) is 10.0 Å². The monoisotopic (exact) mass is 462 g/mol. The fraction of sp³-hybridized carbons (Fsp3) is 0.192. The van der Waals surface area contributed by atoms with Crippen LogP contribution in [0.4, 0.5) is 0 Å². The van der Waals surface area contributed by atoms with Crippen molar-refractivity contribution in [3.63, 3.8) is 0 Å². The van der Waals surface area contributed by atoms with Crippen molar-refractivity contribution in [2.24, 2.45) is 0 Å². The number of aromatic amines is 1. The first-order valence-electron chi connectivity index (χ1n) is 10.8. The molecule has 0 aliphatic carbocycles. The van der Waals surface area contributed by atoms with Crippen molar-refractivity contribution in [1.29, 1.82) is 0 Å². The van der Waals surface area contributed by atoms with Crippen molar-refractivity contribution < 1.29 is 0 Å². The highest BCUT2D eigenvalue weighted by molar-refractivity contribution is 6.35. The maximum atomic E-state index is 6.41. The van der Waals surface area contributed by atoms with Crippen LogP contribution in [-0.4, -0.2) is 21.1 Å². The summed E-state index contributed by atoms with van der Waals surface area (Å²) in [5.74, 6) is 1.05. The summed E-state index contributed by atoms with van der Waals surface area (Å²) in [5.41, 5.74) is 5.68. The molecule has 0 unspecified atom stereocenters. The number of aryl methyl sites for hydroxylation is 1. The van der Waals surface area contributed by atoms with Crippen molar-refractivity contribution in [3.8, 4) is 0 Å². The fourth-order valence-corrected chi connectivity index (χ4v) is 4.62. The second-order valence-corrected chi connectivity index (χ2v) is 8.86. The lowest BCUT2D eigenvalue weighted by Crippen LogP contribution is -2.15. The predicted molar refractivity (Wildman–Crippen MR) is 134 cm³/mol. The van der Waals surface area contributed by atoms with Crippen LogP contribution in [-0.2, 0) is 19.5 Å². The van der Waals surface area contributed by atoms with Gasteiger partial charge in [-0.1, -0.05) is 59.6 Å². The van der Waals surface area contributed by atoms with Gasteiger partial charge in [0.15, 0.2) is 0 Å². The van der Waals surface area contributed by atoms with Crippen LogP contribution in [0.15, 0.2) is 72.9 Å². The van der Waals surface area contributed by atoms with Crippen molar-refractivity contribution in [2.45, 2.75) is 25.9 Å². The summed E-state index contributed by atoms with van der Waals surface area (Å²) in [5, 5.41) is 6.21. The molecule has 0 spiro atoms. The molecule has 4 nitrogen and oxygen atoms in total. The van der Waals surface area contributed by atoms with E-state index >= 15 is 0 Å². The van der Waals surface area contributed by atoms with Crippen molar-refractivity contribution in [2.75, 3.05) is 6.54 Å². The Morgan fingerprint density at radius 2 is 1.78 bits per heavy atom. The highest BCUT2D eigenvalue weighted by atomic mass is 35.5. The van der Waals surface area contributed by atoms with Crippen LogP contribution in [0.25, 0.3) is 21.9 Å². The number of rotatable bonds is 8. The summed E-state index contributed by atoms with van der Waals surface area (Å²) in [6.07, 6.45) is 4.18. The first kappa shape index (κ1) is 21.1. The topological polar surface area (TPSA) is 45.6 Å². The van der Waals surface area contributed by atoms with E-state index in [2.05, 4.69) is 56.4 Å². The van der Waals surface area contributed by atoms with Crippen LogP contribution in [0.3, 0.4) is 0 Å². The molecule has 0 saturated carbocycles. The van der Waals surface area contributed by atoms with E-state index in [1.54, 1.807) is 6.07 Å². The standard InChI is InChI=1S/C26H24Cl2N4/c27-20-12-11-18(22(28)14-20)16-32-17-19(21-6-1-4-9-25(21)32)15-29-13-5-10-26-30-23-7-2-3-8-24(23)31-26/h1-4,6-9,11-12,14,17,29H,5,10,13,15-16H2,(H,30,31). The average molecular weight is 463 g/mol. The molecule has 0 fully saturated rings. The Labute approximate surface area is 197 Å². The largest absolute Gasteiger partial charge is 0.343 e. The first-order chi connectivity index (χ1) is 15.7. The number of imidazole rings is 1. The molecular formula is C26H24Cl2N4. The zero-order chi connectivity index (χ0) is 21.9. The quantitative estimate of drug-likeness (QED) is 0.255. The summed E-state index contributed by atoms with van der Waals surface area (Å²) >= 11 is 12.5. The maximum Gasteiger partial charge on any atom is 0.107 e. The molecule has 5 aromatic rings. The van der Waals surface area contributed by atoms with Crippen molar-refractivity contribution in [3.05, 3.63) is 99.9 Å². The van der Waals surface area contributed by atoms with E-state index in [0.29, 0.717) is 16.6 Å². The third-order valence-corrected chi connectivity index (χ3v) is 6.33. The number of H-pyrrole nitrogens is 1. The Bertz CT molecular complexity index is 1340. The van der Waals surface area contributed by atoms with Crippen LogP contribution in [0.1, 0.15) is 23.4 Å². The van der Waals surface area contributed by atoms with Gasteiger partial charge in [-0.3, -0.25) is 0 Å². The van der Waals surface area contributed by atoms with Crippen LogP contribution in [0, 0.1) is 0 Å². The lowest BCUT2D eigenvalue weighted by molar-refractivity contribution is 0.642. The summed E-state index contributed by atoms with van der Waals surface area (Å²) in [4.78, 5) is 8.06. The molecule has 3 aromatic carbocycles. The third kappa shape index (κ3) is 4.53. The number of fused-ring (bicyclic) bond motifs is 2. The van der Waals surface area contributed by atoms with E-state index in [1.165, 1.54) is 16.5 Å². The van der Waals surface area contributed by atoms with Gasteiger partial charge in [-0.05, 0) is 54.4 Å². The number of aromatic nitrogens is 3. The summed E-state index contributed by atoms with van der Waals surface area (Å²) in [7, 11) is 0. The molecule has 0 bridgehead atoms. The van der Waals surface area contributed by atoms with Crippen LogP contribution in [0.5, 0.6) is 0 Å². The SMILES string of the molecule is Clc1ccc(Cn2cc(CNCCCc3nc4ccccc4[nH]3)c3ccccc32)c(Cl)c1. The highest BCUT2D eigenvalue weighted by Gasteiger charge is 2.10. The molecule has 162 valence electrons. The molecule has 6 heteroatoms. The molecule has 0 radical (unpaired) electrons. The number of hydrogen-bond donors (Lipinski definition) is 2. The van der Waals surface area contributed by atoms with Gasteiger partial charge >= 0.3 is 0 Å². The minimum Gasteiger partial charge on any atom is -0.343 e. The molecule has 0 atom stereocenters. The van der Waals surface area contributed by atoms with Crippen molar-refractivity contribution in [1.82, 2.24) is 19.9 Å². The zero-order valence-electron chi connectivity index (χ0n) is 17.6. The Balaban J connectivity index is 1.23. The maximum absolute atomic E-state index is 6.41. The molecule has 5 rings (SSSR count). The molecule has 0 saturated heterocycles. The van der Waals surface area contributed by atoms with E-state index in [-0.39, 0.29) is 0 Å².